The van der Waals surface area contributed by atoms with Gasteiger partial charge in [-0.3, -0.25) is 0 Å². The maximum absolute atomic E-state index is 5.49. The van der Waals surface area contributed by atoms with Crippen molar-refractivity contribution >= 4 is 43.2 Å². The molecule has 0 bridgehead atoms. The molecule has 0 aliphatic rings. The molecule has 1 unspecified atom stereocenters. The summed E-state index contributed by atoms with van der Waals surface area (Å²) >= 11 is 8.69. The smallest absolute Gasteiger partial charge is 0.169 e. The third-order valence-corrected chi connectivity index (χ3v) is 4.59. The minimum Gasteiger partial charge on any atom is -0.453 e. The lowest BCUT2D eigenvalue weighted by Gasteiger charge is -2.02. The summed E-state index contributed by atoms with van der Waals surface area (Å²) in [7, 11) is 0. The summed E-state index contributed by atoms with van der Waals surface area (Å²) in [6.07, 6.45) is 0. The molecule has 1 atom stereocenters. The molecular weight excluding hydrogens is 328 g/mol. The van der Waals surface area contributed by atoms with Crippen molar-refractivity contribution in [3.05, 3.63) is 44.4 Å². The Balaban J connectivity index is 2.28. The molecule has 0 saturated carbocycles. The molecule has 0 fully saturated rings. The molecule has 1 nitrogen and oxygen atoms in total. The number of alkyl halides is 1. The lowest BCUT2D eigenvalue weighted by Crippen LogP contribution is -1.84. The van der Waals surface area contributed by atoms with Crippen molar-refractivity contribution in [2.75, 3.05) is 0 Å². The number of rotatable bonds is 2. The number of hydrogen-bond acceptors (Lipinski definition) is 2. The molecule has 0 spiro atoms. The number of hydrogen-bond donors (Lipinski definition) is 0. The van der Waals surface area contributed by atoms with E-state index < -0.39 is 0 Å². The van der Waals surface area contributed by atoms with Gasteiger partial charge in [0, 0.05) is 9.75 Å². The summed E-state index contributed by atoms with van der Waals surface area (Å²) in [4.78, 5) is 2.74. The highest BCUT2D eigenvalue weighted by Gasteiger charge is 2.15. The Morgan fingerprint density at radius 2 is 2.07 bits per heavy atom. The highest BCUT2D eigenvalue weighted by Crippen LogP contribution is 2.36. The standard InChI is InChI=1S/C10H8Br2OS/c1-6-2-4-8(14-6)10(12)7-3-5-9(11)13-7/h2-5,10H,1H3. The third-order valence-electron chi connectivity index (χ3n) is 1.85. The summed E-state index contributed by atoms with van der Waals surface area (Å²) in [5.74, 6) is 0.929. The Kier molecular flexibility index (Phi) is 3.14. The van der Waals surface area contributed by atoms with Gasteiger partial charge >= 0.3 is 0 Å². The van der Waals surface area contributed by atoms with Crippen LogP contribution in [0.25, 0.3) is 0 Å². The summed E-state index contributed by atoms with van der Waals surface area (Å²) in [5, 5.41) is 0. The second-order valence-corrected chi connectivity index (χ2v) is 5.97. The molecule has 74 valence electrons. The molecule has 2 rings (SSSR count). The van der Waals surface area contributed by atoms with Crippen LogP contribution in [0.4, 0.5) is 0 Å². The van der Waals surface area contributed by atoms with Crippen LogP contribution in [0, 0.1) is 6.92 Å². The van der Waals surface area contributed by atoms with E-state index in [2.05, 4.69) is 50.9 Å². The highest BCUT2D eigenvalue weighted by molar-refractivity contribution is 9.10. The molecule has 2 heterocycles. The van der Waals surface area contributed by atoms with E-state index in [1.54, 1.807) is 11.3 Å². The Morgan fingerprint density at radius 3 is 2.57 bits per heavy atom. The van der Waals surface area contributed by atoms with Crippen molar-refractivity contribution in [3.63, 3.8) is 0 Å². The fraction of sp³-hybridized carbons (Fsp3) is 0.200. The van der Waals surface area contributed by atoms with Crippen molar-refractivity contribution in [1.29, 1.82) is 0 Å². The quantitative estimate of drug-likeness (QED) is 0.712. The van der Waals surface area contributed by atoms with E-state index in [0.717, 1.165) is 10.4 Å². The Hall–Kier alpha value is -0.0600. The van der Waals surface area contributed by atoms with Crippen LogP contribution in [0.1, 0.15) is 20.3 Å². The fourth-order valence-corrected chi connectivity index (χ4v) is 3.06. The van der Waals surface area contributed by atoms with E-state index in [9.17, 15) is 0 Å². The van der Waals surface area contributed by atoms with E-state index in [1.165, 1.54) is 9.75 Å². The van der Waals surface area contributed by atoms with E-state index in [0.29, 0.717) is 0 Å². The van der Waals surface area contributed by atoms with Crippen LogP contribution in [-0.4, -0.2) is 0 Å². The van der Waals surface area contributed by atoms with E-state index in [1.807, 2.05) is 12.1 Å². The third kappa shape index (κ3) is 2.12. The average molecular weight is 336 g/mol. The maximum atomic E-state index is 5.49. The number of aryl methyl sites for hydroxylation is 1. The molecular formula is C10H8Br2OS. The molecule has 0 aromatic carbocycles. The molecule has 0 aliphatic carbocycles. The average Bonchev–Trinajstić information content (AvgIpc) is 2.73. The lowest BCUT2D eigenvalue weighted by molar-refractivity contribution is 0.498. The predicted octanol–water partition coefficient (Wildman–Crippen LogP) is 4.90. The number of halogens is 2. The Bertz CT molecular complexity index is 393. The molecule has 0 saturated heterocycles. The molecule has 4 heteroatoms. The minimum atomic E-state index is 0.160. The molecule has 0 aliphatic heterocycles. The monoisotopic (exact) mass is 334 g/mol. The van der Waals surface area contributed by atoms with Gasteiger partial charge in [-0.2, -0.15) is 0 Å². The normalized spacial score (nSPS) is 13.1. The zero-order valence-corrected chi connectivity index (χ0v) is 11.4. The van der Waals surface area contributed by atoms with E-state index >= 15 is 0 Å². The molecule has 14 heavy (non-hydrogen) atoms. The van der Waals surface area contributed by atoms with Crippen LogP contribution >= 0.6 is 43.2 Å². The topological polar surface area (TPSA) is 13.1 Å². The van der Waals surface area contributed by atoms with Crippen molar-refractivity contribution in [2.45, 2.75) is 11.8 Å². The summed E-state index contributed by atoms with van der Waals surface area (Å²) in [6.45, 7) is 2.10. The van der Waals surface area contributed by atoms with E-state index in [4.69, 9.17) is 4.42 Å². The molecule has 0 N–H and O–H groups in total. The SMILES string of the molecule is Cc1ccc(C(Br)c2ccc(Br)o2)s1. The van der Waals surface area contributed by atoms with Gasteiger partial charge in [-0.15, -0.1) is 11.3 Å². The zero-order valence-electron chi connectivity index (χ0n) is 7.46. The minimum absolute atomic E-state index is 0.160. The molecule has 0 radical (unpaired) electrons. The van der Waals surface area contributed by atoms with Crippen molar-refractivity contribution in [1.82, 2.24) is 0 Å². The van der Waals surface area contributed by atoms with Gasteiger partial charge in [-0.05, 0) is 47.1 Å². The van der Waals surface area contributed by atoms with Crippen LogP contribution in [0.15, 0.2) is 33.4 Å². The van der Waals surface area contributed by atoms with Crippen LogP contribution in [0.5, 0.6) is 0 Å². The van der Waals surface area contributed by atoms with Gasteiger partial charge in [0.2, 0.25) is 0 Å². The van der Waals surface area contributed by atoms with Gasteiger partial charge in [-0.1, -0.05) is 15.9 Å². The van der Waals surface area contributed by atoms with Gasteiger partial charge in [-0.25, -0.2) is 0 Å². The van der Waals surface area contributed by atoms with Gasteiger partial charge in [0.1, 0.15) is 10.6 Å². The first-order valence-electron chi connectivity index (χ1n) is 4.12. The lowest BCUT2D eigenvalue weighted by atomic mass is 10.3. The van der Waals surface area contributed by atoms with Crippen LogP contribution in [0.2, 0.25) is 0 Å². The number of furan rings is 1. The van der Waals surface area contributed by atoms with Crippen molar-refractivity contribution < 1.29 is 4.42 Å². The first kappa shape index (κ1) is 10.5. The van der Waals surface area contributed by atoms with Crippen LogP contribution in [-0.2, 0) is 0 Å². The number of thiophene rings is 1. The van der Waals surface area contributed by atoms with Gasteiger partial charge in [0.25, 0.3) is 0 Å². The molecule has 2 aromatic heterocycles. The largest absolute Gasteiger partial charge is 0.453 e. The summed E-state index contributed by atoms with van der Waals surface area (Å²) in [6, 6.07) is 8.12. The van der Waals surface area contributed by atoms with Crippen molar-refractivity contribution in [3.8, 4) is 0 Å². The Morgan fingerprint density at radius 1 is 1.29 bits per heavy atom. The first-order valence-corrected chi connectivity index (χ1v) is 6.65. The Labute approximate surface area is 103 Å². The second kappa shape index (κ2) is 4.21. The van der Waals surface area contributed by atoms with Gasteiger partial charge in [0.05, 0.1) is 0 Å². The highest BCUT2D eigenvalue weighted by atomic mass is 79.9. The van der Waals surface area contributed by atoms with Gasteiger partial charge < -0.3 is 4.42 Å². The van der Waals surface area contributed by atoms with Crippen LogP contribution < -0.4 is 0 Å². The first-order chi connectivity index (χ1) is 6.66. The second-order valence-electron chi connectivity index (χ2n) is 2.95. The fourth-order valence-electron chi connectivity index (χ4n) is 1.19. The molecule has 0 amide bonds. The maximum Gasteiger partial charge on any atom is 0.169 e. The predicted molar refractivity (Wildman–Crippen MR) is 66.2 cm³/mol. The van der Waals surface area contributed by atoms with Crippen molar-refractivity contribution in [2.24, 2.45) is 0 Å². The molecule has 2 aromatic rings. The van der Waals surface area contributed by atoms with Gasteiger partial charge in [0.15, 0.2) is 4.67 Å². The van der Waals surface area contributed by atoms with Crippen LogP contribution in [0.3, 0.4) is 0 Å². The summed E-state index contributed by atoms with van der Waals surface area (Å²) < 4.78 is 6.25. The zero-order chi connectivity index (χ0) is 10.1. The van der Waals surface area contributed by atoms with E-state index in [-0.39, 0.29) is 4.83 Å². The summed E-state index contributed by atoms with van der Waals surface area (Å²) in [5.41, 5.74) is 0.